The van der Waals surface area contributed by atoms with Crippen molar-refractivity contribution in [3.05, 3.63) is 126 Å². The van der Waals surface area contributed by atoms with Gasteiger partial charge in [-0.05, 0) is 60.2 Å². The molecule has 0 unspecified atom stereocenters. The lowest BCUT2D eigenvalue weighted by atomic mass is 10.1. The van der Waals surface area contributed by atoms with Crippen LogP contribution in [0.1, 0.15) is 15.9 Å². The standard InChI is InChI=1S/C31H24N4O3S2/c36-28(35-31-34-25-13-7-8-14-27(25)40-31)20-39-24-17-15-23(16-18-24)32-30(38)26(19-21-9-3-1-4-10-21)33-29(37)22-11-5-2-6-12-22/h1-19H,20H2,(H,32,38)(H,33,37)(H,34,35,36)/b26-19-. The quantitative estimate of drug-likeness (QED) is 0.141. The molecule has 1 aromatic heterocycles. The molecule has 0 bridgehead atoms. The van der Waals surface area contributed by atoms with Crippen LogP contribution in [0.25, 0.3) is 16.3 Å². The molecule has 0 aliphatic rings. The van der Waals surface area contributed by atoms with Gasteiger partial charge in [-0.25, -0.2) is 4.98 Å². The Morgan fingerprint density at radius 2 is 1.45 bits per heavy atom. The van der Waals surface area contributed by atoms with Crippen LogP contribution < -0.4 is 16.0 Å². The number of para-hydroxylation sites is 1. The first-order chi connectivity index (χ1) is 19.5. The normalized spacial score (nSPS) is 11.2. The van der Waals surface area contributed by atoms with Crippen LogP contribution in [-0.4, -0.2) is 28.5 Å². The fourth-order valence-corrected chi connectivity index (χ4v) is 5.30. The van der Waals surface area contributed by atoms with Crippen LogP contribution >= 0.6 is 23.1 Å². The molecule has 0 radical (unpaired) electrons. The first-order valence-electron chi connectivity index (χ1n) is 12.4. The lowest BCUT2D eigenvalue weighted by molar-refractivity contribution is -0.114. The highest BCUT2D eigenvalue weighted by Crippen LogP contribution is 2.26. The van der Waals surface area contributed by atoms with Crippen molar-refractivity contribution in [1.82, 2.24) is 10.3 Å². The molecule has 0 spiro atoms. The molecule has 5 aromatic rings. The number of carbonyl (C=O) groups excluding carboxylic acids is 3. The van der Waals surface area contributed by atoms with E-state index in [0.29, 0.717) is 16.4 Å². The van der Waals surface area contributed by atoms with Gasteiger partial charge in [-0.15, -0.1) is 11.8 Å². The molecule has 9 heteroatoms. The molecule has 40 heavy (non-hydrogen) atoms. The zero-order valence-corrected chi connectivity index (χ0v) is 22.8. The Balaban J connectivity index is 1.20. The van der Waals surface area contributed by atoms with Crippen LogP contribution in [0.2, 0.25) is 0 Å². The maximum atomic E-state index is 13.2. The van der Waals surface area contributed by atoms with Crippen molar-refractivity contribution in [1.29, 1.82) is 0 Å². The van der Waals surface area contributed by atoms with E-state index in [2.05, 4.69) is 20.9 Å². The second-order valence-corrected chi connectivity index (χ2v) is 10.7. The molecule has 4 aromatic carbocycles. The van der Waals surface area contributed by atoms with Gasteiger partial charge in [0.25, 0.3) is 11.8 Å². The number of rotatable bonds is 9. The monoisotopic (exact) mass is 564 g/mol. The average Bonchev–Trinajstić information content (AvgIpc) is 3.39. The van der Waals surface area contributed by atoms with Crippen molar-refractivity contribution in [3.8, 4) is 0 Å². The number of thiazole rings is 1. The highest BCUT2D eigenvalue weighted by atomic mass is 32.2. The number of amides is 3. The number of carbonyl (C=O) groups is 3. The smallest absolute Gasteiger partial charge is 0.272 e. The number of anilines is 2. The van der Waals surface area contributed by atoms with Crippen molar-refractivity contribution in [3.63, 3.8) is 0 Å². The van der Waals surface area contributed by atoms with Crippen molar-refractivity contribution in [2.75, 3.05) is 16.4 Å². The fourth-order valence-electron chi connectivity index (χ4n) is 3.72. The van der Waals surface area contributed by atoms with Crippen LogP contribution in [0.4, 0.5) is 10.8 Å². The number of hydrogen-bond donors (Lipinski definition) is 3. The van der Waals surface area contributed by atoms with Crippen LogP contribution in [0.15, 0.2) is 120 Å². The van der Waals surface area contributed by atoms with E-state index in [-0.39, 0.29) is 23.3 Å². The maximum absolute atomic E-state index is 13.2. The summed E-state index contributed by atoms with van der Waals surface area (Å²) >= 11 is 2.82. The number of nitrogens with zero attached hydrogens (tertiary/aromatic N) is 1. The summed E-state index contributed by atoms with van der Waals surface area (Å²) in [7, 11) is 0. The van der Waals surface area contributed by atoms with Crippen molar-refractivity contribution >= 4 is 67.9 Å². The van der Waals surface area contributed by atoms with Gasteiger partial charge in [0.05, 0.1) is 16.0 Å². The minimum Gasteiger partial charge on any atom is -0.321 e. The summed E-state index contributed by atoms with van der Waals surface area (Å²) in [4.78, 5) is 43.7. The van der Waals surface area contributed by atoms with E-state index >= 15 is 0 Å². The number of benzene rings is 4. The topological polar surface area (TPSA) is 100 Å². The van der Waals surface area contributed by atoms with E-state index < -0.39 is 5.91 Å². The zero-order chi connectivity index (χ0) is 27.7. The summed E-state index contributed by atoms with van der Waals surface area (Å²) in [5, 5.41) is 8.99. The van der Waals surface area contributed by atoms with Gasteiger partial charge in [-0.1, -0.05) is 72.0 Å². The molecule has 0 saturated carbocycles. The molecule has 0 atom stereocenters. The second-order valence-electron chi connectivity index (χ2n) is 8.59. The Hall–Kier alpha value is -4.73. The Morgan fingerprint density at radius 3 is 2.17 bits per heavy atom. The molecule has 0 aliphatic carbocycles. The van der Waals surface area contributed by atoms with Gasteiger partial charge >= 0.3 is 0 Å². The maximum Gasteiger partial charge on any atom is 0.272 e. The van der Waals surface area contributed by atoms with Crippen LogP contribution in [-0.2, 0) is 9.59 Å². The third-order valence-electron chi connectivity index (χ3n) is 5.66. The van der Waals surface area contributed by atoms with Gasteiger partial charge in [-0.2, -0.15) is 0 Å². The minimum atomic E-state index is -0.455. The number of hydrogen-bond acceptors (Lipinski definition) is 6. The number of fused-ring (bicyclic) bond motifs is 1. The molecule has 198 valence electrons. The predicted molar refractivity (Wildman–Crippen MR) is 162 cm³/mol. The van der Waals surface area contributed by atoms with Gasteiger partial charge in [-0.3, -0.25) is 14.4 Å². The molecular weight excluding hydrogens is 541 g/mol. The van der Waals surface area contributed by atoms with Crippen LogP contribution in [0.3, 0.4) is 0 Å². The summed E-state index contributed by atoms with van der Waals surface area (Å²) in [5.74, 6) is -0.763. The van der Waals surface area contributed by atoms with E-state index in [0.717, 1.165) is 20.7 Å². The molecule has 0 aliphatic heterocycles. The van der Waals surface area contributed by atoms with Crippen molar-refractivity contribution < 1.29 is 14.4 Å². The largest absolute Gasteiger partial charge is 0.321 e. The molecule has 0 fully saturated rings. The fraction of sp³-hybridized carbons (Fsp3) is 0.0323. The summed E-state index contributed by atoms with van der Waals surface area (Å²) < 4.78 is 1.02. The molecule has 3 amide bonds. The molecule has 0 saturated heterocycles. The Kier molecular flexibility index (Phi) is 8.65. The molecular formula is C31H24N4O3S2. The van der Waals surface area contributed by atoms with Gasteiger partial charge in [0.2, 0.25) is 5.91 Å². The van der Waals surface area contributed by atoms with E-state index in [9.17, 15) is 14.4 Å². The van der Waals surface area contributed by atoms with E-state index in [1.807, 2.05) is 72.8 Å². The third kappa shape index (κ3) is 7.22. The van der Waals surface area contributed by atoms with Gasteiger partial charge < -0.3 is 16.0 Å². The molecule has 1 heterocycles. The van der Waals surface area contributed by atoms with Gasteiger partial charge in [0, 0.05) is 16.1 Å². The Morgan fingerprint density at radius 1 is 0.775 bits per heavy atom. The molecule has 3 N–H and O–H groups in total. The molecule has 5 rings (SSSR count). The summed E-state index contributed by atoms with van der Waals surface area (Å²) in [6, 6.07) is 32.9. The summed E-state index contributed by atoms with van der Waals surface area (Å²) in [6.07, 6.45) is 1.63. The highest BCUT2D eigenvalue weighted by Gasteiger charge is 2.15. The SMILES string of the molecule is O=C(CSc1ccc(NC(=O)/C(=C/c2ccccc2)NC(=O)c2ccccc2)cc1)Nc1nc2ccccc2s1. The Bertz CT molecular complexity index is 1630. The lowest BCUT2D eigenvalue weighted by Crippen LogP contribution is -2.30. The van der Waals surface area contributed by atoms with Crippen LogP contribution in [0, 0.1) is 0 Å². The highest BCUT2D eigenvalue weighted by molar-refractivity contribution is 8.00. The van der Waals surface area contributed by atoms with Crippen molar-refractivity contribution in [2.24, 2.45) is 0 Å². The summed E-state index contributed by atoms with van der Waals surface area (Å²) in [5.41, 5.74) is 2.75. The van der Waals surface area contributed by atoms with Crippen molar-refractivity contribution in [2.45, 2.75) is 4.90 Å². The second kappa shape index (κ2) is 12.9. The first-order valence-corrected chi connectivity index (χ1v) is 14.2. The van der Waals surface area contributed by atoms with Gasteiger partial charge in [0.15, 0.2) is 5.13 Å². The predicted octanol–water partition coefficient (Wildman–Crippen LogP) is 6.44. The molecule has 7 nitrogen and oxygen atoms in total. The third-order valence-corrected chi connectivity index (χ3v) is 7.63. The number of aromatic nitrogens is 1. The average molecular weight is 565 g/mol. The van der Waals surface area contributed by atoms with E-state index in [1.165, 1.54) is 23.1 Å². The number of thioether (sulfide) groups is 1. The van der Waals surface area contributed by atoms with Gasteiger partial charge in [0.1, 0.15) is 5.70 Å². The summed E-state index contributed by atoms with van der Waals surface area (Å²) in [6.45, 7) is 0. The number of nitrogens with one attached hydrogen (secondary N) is 3. The van der Waals surface area contributed by atoms with Crippen LogP contribution in [0.5, 0.6) is 0 Å². The van der Waals surface area contributed by atoms with E-state index in [1.54, 1.807) is 42.5 Å². The first kappa shape index (κ1) is 26.9. The van der Waals surface area contributed by atoms with E-state index in [4.69, 9.17) is 0 Å². The Labute approximate surface area is 239 Å². The minimum absolute atomic E-state index is 0.116. The zero-order valence-electron chi connectivity index (χ0n) is 21.2. The lowest BCUT2D eigenvalue weighted by Gasteiger charge is -2.12.